The van der Waals surface area contributed by atoms with Gasteiger partial charge in [-0.15, -0.1) is 11.3 Å². The van der Waals surface area contributed by atoms with E-state index in [0.717, 1.165) is 30.7 Å². The van der Waals surface area contributed by atoms with Gasteiger partial charge in [-0.3, -0.25) is 0 Å². The molecule has 1 heterocycles. The summed E-state index contributed by atoms with van der Waals surface area (Å²) in [5.41, 5.74) is 2.67. The van der Waals surface area contributed by atoms with E-state index in [1.807, 2.05) is 11.3 Å². The Balaban J connectivity index is 2.23. The molecule has 0 saturated heterocycles. The van der Waals surface area contributed by atoms with Crippen LogP contribution in [0.1, 0.15) is 24.3 Å². The minimum absolute atomic E-state index is 0.909. The maximum absolute atomic E-state index is 3.58. The first-order valence-electron chi connectivity index (χ1n) is 7.01. The van der Waals surface area contributed by atoms with Gasteiger partial charge in [-0.2, -0.15) is 0 Å². The first-order chi connectivity index (χ1) is 9.74. The zero-order valence-electron chi connectivity index (χ0n) is 12.0. The number of anilines is 1. The van der Waals surface area contributed by atoms with Crippen molar-refractivity contribution in [3.8, 4) is 0 Å². The molecule has 2 aromatic rings. The third kappa shape index (κ3) is 4.08. The van der Waals surface area contributed by atoms with Gasteiger partial charge in [0.2, 0.25) is 0 Å². The van der Waals surface area contributed by atoms with Crippen LogP contribution in [0.4, 0.5) is 5.69 Å². The van der Waals surface area contributed by atoms with Gasteiger partial charge in [-0.1, -0.05) is 28.9 Å². The Morgan fingerprint density at radius 1 is 1.25 bits per heavy atom. The molecule has 1 aromatic carbocycles. The first kappa shape index (κ1) is 15.5. The SMILES string of the molecule is CCNCc1cc(Br)ccc1N(CC)Cc1cccs1. The lowest BCUT2D eigenvalue weighted by molar-refractivity contribution is 0.719. The molecule has 0 radical (unpaired) electrons. The summed E-state index contributed by atoms with van der Waals surface area (Å²) in [5, 5.41) is 5.57. The van der Waals surface area contributed by atoms with Crippen molar-refractivity contribution in [1.82, 2.24) is 5.32 Å². The van der Waals surface area contributed by atoms with Gasteiger partial charge in [0.05, 0.1) is 6.54 Å². The number of nitrogens with zero attached hydrogens (tertiary/aromatic N) is 1. The van der Waals surface area contributed by atoms with Crippen molar-refractivity contribution in [3.63, 3.8) is 0 Å². The second-order valence-electron chi connectivity index (χ2n) is 4.65. The first-order valence-corrected chi connectivity index (χ1v) is 8.68. The van der Waals surface area contributed by atoms with Gasteiger partial charge in [0, 0.05) is 28.1 Å². The van der Waals surface area contributed by atoms with Crippen LogP contribution in [0.3, 0.4) is 0 Å². The predicted molar refractivity (Wildman–Crippen MR) is 92.6 cm³/mol. The summed E-state index contributed by atoms with van der Waals surface area (Å²) >= 11 is 5.40. The molecule has 0 aliphatic carbocycles. The quantitative estimate of drug-likeness (QED) is 0.780. The molecular formula is C16H21BrN2S. The molecule has 0 amide bonds. The highest BCUT2D eigenvalue weighted by atomic mass is 79.9. The fraction of sp³-hybridized carbons (Fsp3) is 0.375. The van der Waals surface area contributed by atoms with Crippen LogP contribution in [-0.4, -0.2) is 13.1 Å². The number of benzene rings is 1. The number of nitrogens with one attached hydrogen (secondary N) is 1. The topological polar surface area (TPSA) is 15.3 Å². The largest absolute Gasteiger partial charge is 0.366 e. The van der Waals surface area contributed by atoms with Crippen molar-refractivity contribution in [3.05, 3.63) is 50.6 Å². The highest BCUT2D eigenvalue weighted by molar-refractivity contribution is 9.10. The Hall–Kier alpha value is -0.840. The molecule has 20 heavy (non-hydrogen) atoms. The van der Waals surface area contributed by atoms with Crippen molar-refractivity contribution in [2.24, 2.45) is 0 Å². The Morgan fingerprint density at radius 2 is 2.10 bits per heavy atom. The van der Waals surface area contributed by atoms with Crippen LogP contribution in [0.2, 0.25) is 0 Å². The lowest BCUT2D eigenvalue weighted by Gasteiger charge is -2.25. The highest BCUT2D eigenvalue weighted by Gasteiger charge is 2.11. The molecule has 0 saturated carbocycles. The summed E-state index contributed by atoms with van der Waals surface area (Å²) in [6, 6.07) is 10.9. The number of halogens is 1. The van der Waals surface area contributed by atoms with Gasteiger partial charge < -0.3 is 10.2 Å². The zero-order valence-corrected chi connectivity index (χ0v) is 14.4. The van der Waals surface area contributed by atoms with Crippen LogP contribution in [0.15, 0.2) is 40.2 Å². The molecule has 108 valence electrons. The molecule has 0 bridgehead atoms. The molecule has 0 spiro atoms. The minimum atomic E-state index is 0.909. The third-order valence-corrected chi connectivity index (χ3v) is 4.61. The van der Waals surface area contributed by atoms with E-state index in [1.54, 1.807) is 0 Å². The van der Waals surface area contributed by atoms with Gasteiger partial charge in [0.15, 0.2) is 0 Å². The average Bonchev–Trinajstić information content (AvgIpc) is 2.96. The summed E-state index contributed by atoms with van der Waals surface area (Å²) in [4.78, 5) is 3.84. The van der Waals surface area contributed by atoms with Gasteiger partial charge >= 0.3 is 0 Å². The molecule has 0 atom stereocenters. The van der Waals surface area contributed by atoms with E-state index in [9.17, 15) is 0 Å². The molecule has 0 unspecified atom stereocenters. The maximum atomic E-state index is 3.58. The van der Waals surface area contributed by atoms with Crippen LogP contribution in [0.25, 0.3) is 0 Å². The molecule has 4 heteroatoms. The van der Waals surface area contributed by atoms with Crippen LogP contribution in [-0.2, 0) is 13.1 Å². The Labute approximate surface area is 133 Å². The normalized spacial score (nSPS) is 10.8. The van der Waals surface area contributed by atoms with Crippen molar-refractivity contribution in [2.45, 2.75) is 26.9 Å². The molecule has 0 fully saturated rings. The van der Waals surface area contributed by atoms with E-state index in [0.29, 0.717) is 0 Å². The fourth-order valence-corrected chi connectivity index (χ4v) is 3.35. The third-order valence-electron chi connectivity index (χ3n) is 3.26. The van der Waals surface area contributed by atoms with E-state index in [1.165, 1.54) is 16.1 Å². The lowest BCUT2D eigenvalue weighted by Crippen LogP contribution is -2.24. The molecule has 1 aromatic heterocycles. The molecular weight excluding hydrogens is 332 g/mol. The lowest BCUT2D eigenvalue weighted by atomic mass is 10.1. The molecule has 2 rings (SSSR count). The molecule has 1 N–H and O–H groups in total. The van der Waals surface area contributed by atoms with Crippen LogP contribution in [0, 0.1) is 0 Å². The summed E-state index contributed by atoms with van der Waals surface area (Å²) in [6.45, 7) is 8.25. The van der Waals surface area contributed by atoms with E-state index >= 15 is 0 Å². The van der Waals surface area contributed by atoms with E-state index in [2.05, 4.69) is 75.7 Å². The molecule has 0 aliphatic heterocycles. The molecule has 2 nitrogen and oxygen atoms in total. The summed E-state index contributed by atoms with van der Waals surface area (Å²) in [6.07, 6.45) is 0. The van der Waals surface area contributed by atoms with Crippen LogP contribution < -0.4 is 10.2 Å². The number of rotatable bonds is 7. The smallest absolute Gasteiger partial charge is 0.0522 e. The summed E-state index contributed by atoms with van der Waals surface area (Å²) in [7, 11) is 0. The van der Waals surface area contributed by atoms with Crippen molar-refractivity contribution >= 4 is 33.0 Å². The Kier molecular flexibility index (Phi) is 6.07. The number of hydrogen-bond donors (Lipinski definition) is 1. The highest BCUT2D eigenvalue weighted by Crippen LogP contribution is 2.26. The maximum Gasteiger partial charge on any atom is 0.0522 e. The Bertz CT molecular complexity index is 525. The standard InChI is InChI=1S/C16H21BrN2S/c1-3-18-11-13-10-14(17)7-8-16(13)19(4-2)12-15-6-5-9-20-15/h5-10,18H,3-4,11-12H2,1-2H3. The second kappa shape index (κ2) is 7.81. The predicted octanol–water partition coefficient (Wildman–Crippen LogP) is 4.65. The van der Waals surface area contributed by atoms with Crippen molar-refractivity contribution in [2.75, 3.05) is 18.0 Å². The van der Waals surface area contributed by atoms with Crippen LogP contribution in [0.5, 0.6) is 0 Å². The summed E-state index contributed by atoms with van der Waals surface area (Å²) < 4.78 is 1.14. The van der Waals surface area contributed by atoms with Gasteiger partial charge in [0.1, 0.15) is 0 Å². The number of hydrogen-bond acceptors (Lipinski definition) is 3. The second-order valence-corrected chi connectivity index (χ2v) is 6.59. The van der Waals surface area contributed by atoms with Crippen LogP contribution >= 0.6 is 27.3 Å². The van der Waals surface area contributed by atoms with E-state index in [-0.39, 0.29) is 0 Å². The monoisotopic (exact) mass is 352 g/mol. The summed E-state index contributed by atoms with van der Waals surface area (Å²) in [5.74, 6) is 0. The number of thiophene rings is 1. The van der Waals surface area contributed by atoms with Gasteiger partial charge in [0.25, 0.3) is 0 Å². The minimum Gasteiger partial charge on any atom is -0.366 e. The van der Waals surface area contributed by atoms with Crippen molar-refractivity contribution < 1.29 is 0 Å². The van der Waals surface area contributed by atoms with Crippen molar-refractivity contribution in [1.29, 1.82) is 0 Å². The Morgan fingerprint density at radius 3 is 2.75 bits per heavy atom. The zero-order chi connectivity index (χ0) is 14.4. The van der Waals surface area contributed by atoms with E-state index < -0.39 is 0 Å². The van der Waals surface area contributed by atoms with Gasteiger partial charge in [-0.25, -0.2) is 0 Å². The average molecular weight is 353 g/mol. The fourth-order valence-electron chi connectivity index (χ4n) is 2.22. The van der Waals surface area contributed by atoms with E-state index in [4.69, 9.17) is 0 Å². The molecule has 0 aliphatic rings. The van der Waals surface area contributed by atoms with Gasteiger partial charge in [-0.05, 0) is 48.7 Å².